The van der Waals surface area contributed by atoms with Crippen molar-refractivity contribution in [3.63, 3.8) is 0 Å². The average Bonchev–Trinajstić information content (AvgIpc) is 3.14. The predicted octanol–water partition coefficient (Wildman–Crippen LogP) is 0.975. The highest BCUT2D eigenvalue weighted by molar-refractivity contribution is 5.97. The van der Waals surface area contributed by atoms with E-state index in [1.54, 1.807) is 0 Å². The van der Waals surface area contributed by atoms with Gasteiger partial charge in [0.05, 0.1) is 6.54 Å². The number of rotatable bonds is 3. The van der Waals surface area contributed by atoms with Gasteiger partial charge in [0, 0.05) is 36.7 Å². The van der Waals surface area contributed by atoms with Crippen molar-refractivity contribution in [1.82, 2.24) is 16.2 Å². The number of hydrogen-bond donors (Lipinski definition) is 3. The van der Waals surface area contributed by atoms with Crippen LogP contribution in [0.3, 0.4) is 0 Å². The Bertz CT molecular complexity index is 663. The summed E-state index contributed by atoms with van der Waals surface area (Å²) in [6.45, 7) is 1.64. The lowest BCUT2D eigenvalue weighted by Crippen LogP contribution is -2.47. The largest absolute Gasteiger partial charge is 0.347 e. The van der Waals surface area contributed by atoms with Gasteiger partial charge in [-0.3, -0.25) is 20.4 Å². The second-order valence-corrected chi connectivity index (χ2v) is 7.33. The first kappa shape index (κ1) is 16.5. The number of hydrazine groups is 1. The monoisotopic (exact) mass is 342 g/mol. The third kappa shape index (κ3) is 3.28. The number of fused-ring (bicyclic) bond motifs is 2. The average molecular weight is 342 g/mol. The van der Waals surface area contributed by atoms with E-state index in [0.29, 0.717) is 12.0 Å². The third-order valence-electron chi connectivity index (χ3n) is 5.85. The number of nitrogens with zero attached hydrogens (tertiary/aromatic N) is 1. The summed E-state index contributed by atoms with van der Waals surface area (Å²) in [7, 11) is 0. The summed E-state index contributed by atoms with van der Waals surface area (Å²) in [6.07, 6.45) is 5.07. The van der Waals surface area contributed by atoms with Gasteiger partial charge in [0.2, 0.25) is 11.8 Å². The van der Waals surface area contributed by atoms with Crippen LogP contribution in [0.25, 0.3) is 0 Å². The normalized spacial score (nSPS) is 28.2. The molecule has 1 aliphatic carbocycles. The summed E-state index contributed by atoms with van der Waals surface area (Å²) < 4.78 is 0. The smallest absolute Gasteiger partial charge is 0.246 e. The maximum absolute atomic E-state index is 12.7. The molecule has 2 heterocycles. The van der Waals surface area contributed by atoms with E-state index in [2.05, 4.69) is 22.2 Å². The number of benzene rings is 1. The molecule has 6 heteroatoms. The van der Waals surface area contributed by atoms with Crippen molar-refractivity contribution in [2.75, 3.05) is 24.5 Å². The van der Waals surface area contributed by atoms with Crippen LogP contribution in [-0.4, -0.2) is 37.5 Å². The first-order valence-electron chi connectivity index (χ1n) is 9.38. The number of anilines is 1. The molecular weight excluding hydrogens is 316 g/mol. The fourth-order valence-electron chi connectivity index (χ4n) is 4.55. The highest BCUT2D eigenvalue weighted by atomic mass is 16.2. The van der Waals surface area contributed by atoms with E-state index in [0.717, 1.165) is 50.9 Å². The van der Waals surface area contributed by atoms with Gasteiger partial charge in [-0.25, -0.2) is 0 Å². The number of hydrogen-bond acceptors (Lipinski definition) is 4. The lowest BCUT2D eigenvalue weighted by Gasteiger charge is -2.32. The van der Waals surface area contributed by atoms with Crippen LogP contribution in [0.4, 0.5) is 5.69 Å². The summed E-state index contributed by atoms with van der Waals surface area (Å²) in [5.41, 5.74) is 8.65. The van der Waals surface area contributed by atoms with Crippen molar-refractivity contribution in [3.8, 4) is 0 Å². The van der Waals surface area contributed by atoms with Crippen LogP contribution < -0.4 is 21.1 Å². The molecule has 4 rings (SSSR count). The third-order valence-corrected chi connectivity index (χ3v) is 5.85. The zero-order valence-corrected chi connectivity index (χ0v) is 14.5. The molecule has 2 fully saturated rings. The molecule has 1 saturated heterocycles. The molecule has 0 bridgehead atoms. The van der Waals surface area contributed by atoms with E-state index in [9.17, 15) is 9.59 Å². The van der Waals surface area contributed by atoms with Crippen molar-refractivity contribution in [3.05, 3.63) is 29.8 Å². The molecule has 1 aromatic rings. The highest BCUT2D eigenvalue weighted by Crippen LogP contribution is 2.32. The molecule has 6 nitrogen and oxygen atoms in total. The van der Waals surface area contributed by atoms with Crippen LogP contribution in [-0.2, 0) is 16.0 Å². The van der Waals surface area contributed by atoms with E-state index < -0.39 is 0 Å². The van der Waals surface area contributed by atoms with E-state index in [4.69, 9.17) is 0 Å². The Morgan fingerprint density at radius 3 is 3.00 bits per heavy atom. The van der Waals surface area contributed by atoms with Gasteiger partial charge in [0.15, 0.2) is 0 Å². The maximum atomic E-state index is 12.7. The molecule has 25 heavy (non-hydrogen) atoms. The molecule has 3 atom stereocenters. The van der Waals surface area contributed by atoms with Gasteiger partial charge in [-0.05, 0) is 37.3 Å². The number of carbonyl (C=O) groups is 2. The summed E-state index contributed by atoms with van der Waals surface area (Å²) in [4.78, 5) is 27.1. The molecular formula is C19H26N4O2. The second-order valence-electron chi connectivity index (χ2n) is 7.33. The van der Waals surface area contributed by atoms with Gasteiger partial charge in [-0.1, -0.05) is 24.6 Å². The van der Waals surface area contributed by atoms with Gasteiger partial charge in [-0.2, -0.15) is 0 Å². The lowest BCUT2D eigenvalue weighted by molar-refractivity contribution is -0.130. The molecule has 1 aromatic carbocycles. The Hall–Kier alpha value is -1.92. The minimum atomic E-state index is -0.0180. The van der Waals surface area contributed by atoms with Crippen molar-refractivity contribution in [2.45, 2.75) is 38.1 Å². The topological polar surface area (TPSA) is 73.5 Å². The lowest BCUT2D eigenvalue weighted by atomic mass is 9.76. The van der Waals surface area contributed by atoms with E-state index in [-0.39, 0.29) is 24.3 Å². The van der Waals surface area contributed by atoms with E-state index in [1.165, 1.54) is 5.56 Å². The molecule has 0 spiro atoms. The van der Waals surface area contributed by atoms with Crippen LogP contribution in [0.1, 0.15) is 31.2 Å². The molecule has 0 radical (unpaired) electrons. The van der Waals surface area contributed by atoms with E-state index >= 15 is 0 Å². The minimum absolute atomic E-state index is 0.00249. The first-order valence-corrected chi connectivity index (χ1v) is 9.38. The number of aryl methyl sites for hydroxylation is 1. The summed E-state index contributed by atoms with van der Waals surface area (Å²) in [5, 5.41) is 2.91. The molecule has 3 N–H and O–H groups in total. The Morgan fingerprint density at radius 1 is 1.20 bits per heavy atom. The van der Waals surface area contributed by atoms with Crippen molar-refractivity contribution < 1.29 is 9.59 Å². The van der Waals surface area contributed by atoms with Crippen molar-refractivity contribution >= 4 is 17.5 Å². The fourth-order valence-corrected chi connectivity index (χ4v) is 4.55. The number of nitrogens with one attached hydrogen (secondary N) is 3. The van der Waals surface area contributed by atoms with Gasteiger partial charge >= 0.3 is 0 Å². The van der Waals surface area contributed by atoms with Crippen molar-refractivity contribution in [2.24, 2.45) is 11.8 Å². The van der Waals surface area contributed by atoms with Crippen molar-refractivity contribution in [1.29, 1.82) is 0 Å². The van der Waals surface area contributed by atoms with E-state index in [1.807, 2.05) is 23.1 Å². The SMILES string of the molecule is O=C(NCC(=O)N1CCCc2ccccc21)C1CCCC2NNCC21. The quantitative estimate of drug-likeness (QED) is 0.765. The Kier molecular flexibility index (Phi) is 4.72. The van der Waals surface area contributed by atoms with Crippen LogP contribution in [0, 0.1) is 11.8 Å². The van der Waals surface area contributed by atoms with Crippen LogP contribution in [0.5, 0.6) is 0 Å². The van der Waals surface area contributed by atoms with Gasteiger partial charge in [-0.15, -0.1) is 0 Å². The molecule has 1 saturated carbocycles. The number of amides is 2. The van der Waals surface area contributed by atoms with Crippen LogP contribution in [0.2, 0.25) is 0 Å². The summed E-state index contributed by atoms with van der Waals surface area (Å²) in [5.74, 6) is 0.344. The molecule has 3 aliphatic rings. The first-order chi connectivity index (χ1) is 12.2. The Labute approximate surface area is 148 Å². The van der Waals surface area contributed by atoms with Crippen LogP contribution >= 0.6 is 0 Å². The molecule has 2 aliphatic heterocycles. The Morgan fingerprint density at radius 2 is 2.08 bits per heavy atom. The zero-order valence-electron chi connectivity index (χ0n) is 14.5. The molecule has 2 amide bonds. The van der Waals surface area contributed by atoms with Crippen LogP contribution in [0.15, 0.2) is 24.3 Å². The maximum Gasteiger partial charge on any atom is 0.246 e. The standard InChI is InChI=1S/C19H26N4O2/c24-18(23-10-4-6-13-5-1-2-9-17(13)23)12-20-19(25)14-7-3-8-16-15(14)11-21-22-16/h1-2,5,9,14-16,21-22H,3-4,6-8,10-12H2,(H,20,25). The Balaban J connectivity index is 1.37. The predicted molar refractivity (Wildman–Crippen MR) is 95.9 cm³/mol. The fraction of sp³-hybridized carbons (Fsp3) is 0.579. The minimum Gasteiger partial charge on any atom is -0.347 e. The zero-order chi connectivity index (χ0) is 17.2. The molecule has 0 aromatic heterocycles. The number of carbonyl (C=O) groups excluding carboxylic acids is 2. The van der Waals surface area contributed by atoms with Gasteiger partial charge in [0.1, 0.15) is 0 Å². The summed E-state index contributed by atoms with van der Waals surface area (Å²) in [6, 6.07) is 8.43. The second kappa shape index (κ2) is 7.14. The summed E-state index contributed by atoms with van der Waals surface area (Å²) >= 11 is 0. The highest BCUT2D eigenvalue weighted by Gasteiger charge is 2.40. The van der Waals surface area contributed by atoms with Gasteiger partial charge < -0.3 is 10.2 Å². The van der Waals surface area contributed by atoms with Gasteiger partial charge in [0.25, 0.3) is 0 Å². The number of para-hydroxylation sites is 1. The molecule has 3 unspecified atom stereocenters. The molecule has 134 valence electrons.